The minimum Gasteiger partial charge on any atom is -0.494 e. The summed E-state index contributed by atoms with van der Waals surface area (Å²) in [6.07, 6.45) is 0. The standard InChI is InChI=1S/C13H12N2O4/c1-19-12-6-5-10(8-16)14-13(12)9-3-2-4-11(7-9)15(17)18/h2-7,16H,8H2,1H3. The van der Waals surface area contributed by atoms with Crippen LogP contribution in [0.4, 0.5) is 5.69 Å². The van der Waals surface area contributed by atoms with Crippen molar-refractivity contribution < 1.29 is 14.8 Å². The molecule has 0 radical (unpaired) electrons. The zero-order valence-electron chi connectivity index (χ0n) is 10.2. The van der Waals surface area contributed by atoms with Crippen molar-refractivity contribution in [3.8, 4) is 17.0 Å². The second-order valence-electron chi connectivity index (χ2n) is 3.82. The van der Waals surface area contributed by atoms with Crippen LogP contribution in [0.25, 0.3) is 11.3 Å². The summed E-state index contributed by atoms with van der Waals surface area (Å²) in [4.78, 5) is 14.5. The number of hydrogen-bond donors (Lipinski definition) is 1. The van der Waals surface area contributed by atoms with Crippen molar-refractivity contribution in [2.75, 3.05) is 7.11 Å². The molecule has 1 aromatic carbocycles. The number of nitro groups is 1. The largest absolute Gasteiger partial charge is 0.494 e. The second kappa shape index (κ2) is 5.45. The smallest absolute Gasteiger partial charge is 0.270 e. The van der Waals surface area contributed by atoms with Crippen LogP contribution in [0.15, 0.2) is 36.4 Å². The first-order valence-corrected chi connectivity index (χ1v) is 5.55. The van der Waals surface area contributed by atoms with E-state index in [1.54, 1.807) is 24.3 Å². The minimum absolute atomic E-state index is 0.0178. The zero-order valence-corrected chi connectivity index (χ0v) is 10.2. The minimum atomic E-state index is -0.466. The molecular formula is C13H12N2O4. The summed E-state index contributed by atoms with van der Waals surface area (Å²) >= 11 is 0. The molecule has 98 valence electrons. The van der Waals surface area contributed by atoms with Gasteiger partial charge in [0.05, 0.1) is 24.3 Å². The average molecular weight is 260 g/mol. The molecule has 19 heavy (non-hydrogen) atoms. The summed E-state index contributed by atoms with van der Waals surface area (Å²) in [6.45, 7) is -0.202. The summed E-state index contributed by atoms with van der Waals surface area (Å²) in [6, 6.07) is 9.43. The average Bonchev–Trinajstić information content (AvgIpc) is 2.46. The van der Waals surface area contributed by atoms with E-state index in [0.717, 1.165) is 0 Å². The van der Waals surface area contributed by atoms with E-state index in [4.69, 9.17) is 9.84 Å². The van der Waals surface area contributed by atoms with Gasteiger partial charge in [0, 0.05) is 17.7 Å². The van der Waals surface area contributed by atoms with Crippen molar-refractivity contribution in [3.63, 3.8) is 0 Å². The fourth-order valence-electron chi connectivity index (χ4n) is 1.71. The maximum absolute atomic E-state index is 10.8. The Morgan fingerprint density at radius 3 is 2.79 bits per heavy atom. The van der Waals surface area contributed by atoms with E-state index in [1.165, 1.54) is 19.2 Å². The third-order valence-electron chi connectivity index (χ3n) is 2.63. The Bertz CT molecular complexity index is 613. The molecule has 0 unspecified atom stereocenters. The maximum Gasteiger partial charge on any atom is 0.270 e. The van der Waals surface area contributed by atoms with Gasteiger partial charge in [-0.1, -0.05) is 12.1 Å². The van der Waals surface area contributed by atoms with Crippen LogP contribution in [-0.4, -0.2) is 22.1 Å². The van der Waals surface area contributed by atoms with Crippen LogP contribution in [0, 0.1) is 10.1 Å². The quantitative estimate of drug-likeness (QED) is 0.672. The lowest BCUT2D eigenvalue weighted by atomic mass is 10.1. The van der Waals surface area contributed by atoms with Crippen LogP contribution in [0.5, 0.6) is 5.75 Å². The van der Waals surface area contributed by atoms with Gasteiger partial charge in [0.15, 0.2) is 0 Å². The Hall–Kier alpha value is -2.47. The molecule has 0 aliphatic rings. The first-order valence-electron chi connectivity index (χ1n) is 5.55. The van der Waals surface area contributed by atoms with Gasteiger partial charge < -0.3 is 9.84 Å². The van der Waals surface area contributed by atoms with E-state index < -0.39 is 4.92 Å². The molecule has 1 aromatic heterocycles. The van der Waals surface area contributed by atoms with E-state index >= 15 is 0 Å². The number of aromatic nitrogens is 1. The molecule has 0 fully saturated rings. The third kappa shape index (κ3) is 2.69. The molecular weight excluding hydrogens is 248 g/mol. The molecule has 0 atom stereocenters. The van der Waals surface area contributed by atoms with Gasteiger partial charge in [-0.15, -0.1) is 0 Å². The fraction of sp³-hybridized carbons (Fsp3) is 0.154. The van der Waals surface area contributed by atoms with Gasteiger partial charge in [-0.05, 0) is 12.1 Å². The molecule has 0 aliphatic carbocycles. The lowest BCUT2D eigenvalue weighted by Crippen LogP contribution is -1.97. The molecule has 6 nitrogen and oxygen atoms in total. The van der Waals surface area contributed by atoms with Gasteiger partial charge >= 0.3 is 0 Å². The van der Waals surface area contributed by atoms with E-state index in [0.29, 0.717) is 22.7 Å². The highest BCUT2D eigenvalue weighted by Gasteiger charge is 2.12. The van der Waals surface area contributed by atoms with Gasteiger partial charge in [0.1, 0.15) is 11.4 Å². The SMILES string of the molecule is COc1ccc(CO)nc1-c1cccc([N+](=O)[O-])c1. The highest BCUT2D eigenvalue weighted by Crippen LogP contribution is 2.30. The van der Waals surface area contributed by atoms with Crippen molar-refractivity contribution in [3.05, 3.63) is 52.2 Å². The van der Waals surface area contributed by atoms with Crippen molar-refractivity contribution in [2.24, 2.45) is 0 Å². The lowest BCUT2D eigenvalue weighted by molar-refractivity contribution is -0.384. The van der Waals surface area contributed by atoms with E-state index in [1.807, 2.05) is 0 Å². The number of rotatable bonds is 4. The molecule has 0 amide bonds. The monoisotopic (exact) mass is 260 g/mol. The van der Waals surface area contributed by atoms with Crippen molar-refractivity contribution in [1.29, 1.82) is 0 Å². The van der Waals surface area contributed by atoms with Crippen LogP contribution in [-0.2, 0) is 6.61 Å². The normalized spacial score (nSPS) is 10.2. The van der Waals surface area contributed by atoms with Crippen LogP contribution in [0.1, 0.15) is 5.69 Å². The van der Waals surface area contributed by atoms with E-state index in [-0.39, 0.29) is 12.3 Å². The molecule has 1 heterocycles. The molecule has 1 N–H and O–H groups in total. The third-order valence-corrected chi connectivity index (χ3v) is 2.63. The molecule has 0 saturated carbocycles. The van der Waals surface area contributed by atoms with Crippen molar-refractivity contribution >= 4 is 5.69 Å². The number of benzene rings is 1. The summed E-state index contributed by atoms with van der Waals surface area (Å²) < 4.78 is 5.19. The Kier molecular flexibility index (Phi) is 3.72. The van der Waals surface area contributed by atoms with Gasteiger partial charge in [-0.3, -0.25) is 10.1 Å². The van der Waals surface area contributed by atoms with E-state index in [2.05, 4.69) is 4.98 Å². The van der Waals surface area contributed by atoms with Crippen molar-refractivity contribution in [2.45, 2.75) is 6.61 Å². The first-order chi connectivity index (χ1) is 9.15. The number of hydrogen-bond acceptors (Lipinski definition) is 5. The van der Waals surface area contributed by atoms with Gasteiger partial charge in [-0.2, -0.15) is 0 Å². The number of aliphatic hydroxyl groups excluding tert-OH is 1. The van der Waals surface area contributed by atoms with Crippen LogP contribution < -0.4 is 4.74 Å². The van der Waals surface area contributed by atoms with E-state index in [9.17, 15) is 10.1 Å². The summed E-state index contributed by atoms with van der Waals surface area (Å²) in [5.74, 6) is 0.498. The number of methoxy groups -OCH3 is 1. The van der Waals surface area contributed by atoms with Crippen LogP contribution >= 0.6 is 0 Å². The summed E-state index contributed by atoms with van der Waals surface area (Å²) in [5, 5.41) is 19.9. The second-order valence-corrected chi connectivity index (χ2v) is 3.82. The predicted octanol–water partition coefficient (Wildman–Crippen LogP) is 2.16. The number of pyridine rings is 1. The van der Waals surface area contributed by atoms with Crippen molar-refractivity contribution in [1.82, 2.24) is 4.98 Å². The summed E-state index contributed by atoms with van der Waals surface area (Å²) in [7, 11) is 1.50. The molecule has 0 spiro atoms. The van der Waals surface area contributed by atoms with Gasteiger partial charge in [0.25, 0.3) is 5.69 Å². The van der Waals surface area contributed by atoms with Crippen LogP contribution in [0.3, 0.4) is 0 Å². The van der Waals surface area contributed by atoms with Gasteiger partial charge in [-0.25, -0.2) is 4.98 Å². The first kappa shape index (κ1) is 13.0. The lowest BCUT2D eigenvalue weighted by Gasteiger charge is -2.09. The Morgan fingerprint density at radius 1 is 1.37 bits per heavy atom. The number of aliphatic hydroxyl groups is 1. The number of non-ortho nitro benzene ring substituents is 1. The summed E-state index contributed by atoms with van der Waals surface area (Å²) in [5.41, 5.74) is 1.50. The molecule has 6 heteroatoms. The molecule has 0 bridgehead atoms. The molecule has 0 saturated heterocycles. The Balaban J connectivity index is 2.56. The molecule has 0 aliphatic heterocycles. The van der Waals surface area contributed by atoms with Crippen LogP contribution in [0.2, 0.25) is 0 Å². The number of nitro benzene ring substituents is 1. The fourth-order valence-corrected chi connectivity index (χ4v) is 1.71. The van der Waals surface area contributed by atoms with Gasteiger partial charge in [0.2, 0.25) is 0 Å². The topological polar surface area (TPSA) is 85.5 Å². The Labute approximate surface area is 109 Å². The Morgan fingerprint density at radius 2 is 2.16 bits per heavy atom. The molecule has 2 aromatic rings. The highest BCUT2D eigenvalue weighted by atomic mass is 16.6. The highest BCUT2D eigenvalue weighted by molar-refractivity contribution is 5.68. The zero-order chi connectivity index (χ0) is 13.8. The number of ether oxygens (including phenoxy) is 1. The predicted molar refractivity (Wildman–Crippen MR) is 68.8 cm³/mol. The molecule has 2 rings (SSSR count). The number of nitrogens with zero attached hydrogens (tertiary/aromatic N) is 2. The maximum atomic E-state index is 10.8.